The summed E-state index contributed by atoms with van der Waals surface area (Å²) in [5.74, 6) is 0.611. The van der Waals surface area contributed by atoms with Crippen LogP contribution >= 0.6 is 0 Å². The van der Waals surface area contributed by atoms with Crippen molar-refractivity contribution in [2.75, 3.05) is 23.3 Å². The topological polar surface area (TPSA) is 93.7 Å². The SMILES string of the molecule is O=C(Nc1ccc2c(c1)OCCCO2)c1ccc(S(=O)(=O)Nc2cccc(C(F)(F)F)c2)cc1. The van der Waals surface area contributed by atoms with Crippen LogP contribution in [-0.2, 0) is 16.2 Å². The van der Waals surface area contributed by atoms with Crippen molar-refractivity contribution in [3.63, 3.8) is 0 Å². The molecular formula is C23H19F3N2O5S. The quantitative estimate of drug-likeness (QED) is 0.527. The zero-order valence-corrected chi connectivity index (χ0v) is 18.4. The number of alkyl halides is 3. The van der Waals surface area contributed by atoms with E-state index in [4.69, 9.17) is 9.47 Å². The summed E-state index contributed by atoms with van der Waals surface area (Å²) in [6.45, 7) is 1.03. The van der Waals surface area contributed by atoms with Crippen LogP contribution in [0.2, 0.25) is 0 Å². The lowest BCUT2D eigenvalue weighted by Crippen LogP contribution is -2.15. The molecule has 0 aliphatic carbocycles. The molecule has 3 aromatic carbocycles. The zero-order chi connectivity index (χ0) is 24.3. The van der Waals surface area contributed by atoms with Crippen LogP contribution in [0.3, 0.4) is 0 Å². The van der Waals surface area contributed by atoms with Crippen molar-refractivity contribution in [2.24, 2.45) is 0 Å². The number of rotatable bonds is 5. The van der Waals surface area contributed by atoms with E-state index in [0.717, 1.165) is 18.6 Å². The lowest BCUT2D eigenvalue weighted by molar-refractivity contribution is -0.137. The zero-order valence-electron chi connectivity index (χ0n) is 17.6. The number of halogens is 3. The summed E-state index contributed by atoms with van der Waals surface area (Å²) in [5.41, 5.74) is -0.553. The second-order valence-corrected chi connectivity index (χ2v) is 9.06. The highest BCUT2D eigenvalue weighted by Gasteiger charge is 2.30. The molecule has 1 aliphatic heterocycles. The Bertz CT molecular complexity index is 1310. The van der Waals surface area contributed by atoms with Gasteiger partial charge in [-0.25, -0.2) is 8.42 Å². The third kappa shape index (κ3) is 5.42. The van der Waals surface area contributed by atoms with Gasteiger partial charge in [-0.3, -0.25) is 9.52 Å². The van der Waals surface area contributed by atoms with Crippen molar-refractivity contribution in [1.29, 1.82) is 0 Å². The first-order chi connectivity index (χ1) is 16.1. The fraction of sp³-hybridized carbons (Fsp3) is 0.174. The summed E-state index contributed by atoms with van der Waals surface area (Å²) in [6, 6.07) is 13.8. The summed E-state index contributed by atoms with van der Waals surface area (Å²) < 4.78 is 77.0. The summed E-state index contributed by atoms with van der Waals surface area (Å²) >= 11 is 0. The molecule has 0 spiro atoms. The monoisotopic (exact) mass is 492 g/mol. The molecule has 3 aromatic rings. The Kier molecular flexibility index (Phi) is 6.38. The molecule has 0 aromatic heterocycles. The molecule has 1 aliphatic rings. The van der Waals surface area contributed by atoms with Crippen molar-refractivity contribution in [1.82, 2.24) is 0 Å². The van der Waals surface area contributed by atoms with E-state index >= 15 is 0 Å². The Labute approximate surface area is 193 Å². The average molecular weight is 492 g/mol. The van der Waals surface area contributed by atoms with Gasteiger partial charge in [-0.1, -0.05) is 6.07 Å². The minimum Gasteiger partial charge on any atom is -0.490 e. The first-order valence-corrected chi connectivity index (χ1v) is 11.6. The van der Waals surface area contributed by atoms with E-state index in [-0.39, 0.29) is 16.1 Å². The number of nitrogens with one attached hydrogen (secondary N) is 2. The normalized spacial score (nSPS) is 13.6. The molecule has 11 heteroatoms. The van der Waals surface area contributed by atoms with Crippen LogP contribution in [0.15, 0.2) is 71.6 Å². The van der Waals surface area contributed by atoms with Crippen molar-refractivity contribution in [3.8, 4) is 11.5 Å². The fourth-order valence-electron chi connectivity index (χ4n) is 3.20. The maximum absolute atomic E-state index is 12.9. The van der Waals surface area contributed by atoms with Gasteiger partial charge < -0.3 is 14.8 Å². The molecule has 0 saturated carbocycles. The molecule has 0 radical (unpaired) electrons. The lowest BCUT2D eigenvalue weighted by Gasteiger charge is -2.12. The van der Waals surface area contributed by atoms with Crippen molar-refractivity contribution in [3.05, 3.63) is 77.9 Å². The van der Waals surface area contributed by atoms with Crippen LogP contribution in [0.4, 0.5) is 24.5 Å². The van der Waals surface area contributed by atoms with Crippen molar-refractivity contribution < 1.29 is 35.9 Å². The molecule has 7 nitrogen and oxygen atoms in total. The van der Waals surface area contributed by atoms with Crippen LogP contribution < -0.4 is 19.5 Å². The predicted molar refractivity (Wildman–Crippen MR) is 119 cm³/mol. The van der Waals surface area contributed by atoms with Gasteiger partial charge in [0.2, 0.25) is 0 Å². The molecule has 0 bridgehead atoms. The summed E-state index contributed by atoms with van der Waals surface area (Å²) in [6.07, 6.45) is -3.86. The van der Waals surface area contributed by atoms with Gasteiger partial charge in [-0.2, -0.15) is 13.2 Å². The number of fused-ring (bicyclic) bond motifs is 1. The van der Waals surface area contributed by atoms with Gasteiger partial charge in [-0.15, -0.1) is 0 Å². The van der Waals surface area contributed by atoms with Gasteiger partial charge in [0.15, 0.2) is 11.5 Å². The molecule has 1 heterocycles. The Morgan fingerprint density at radius 2 is 1.56 bits per heavy atom. The van der Waals surface area contributed by atoms with E-state index in [9.17, 15) is 26.4 Å². The van der Waals surface area contributed by atoms with E-state index in [1.54, 1.807) is 18.2 Å². The molecule has 178 valence electrons. The first kappa shape index (κ1) is 23.4. The highest BCUT2D eigenvalue weighted by Crippen LogP contribution is 2.33. The Morgan fingerprint density at radius 1 is 0.853 bits per heavy atom. The average Bonchev–Trinajstić information content (AvgIpc) is 3.03. The van der Waals surface area contributed by atoms with Crippen LogP contribution in [-0.4, -0.2) is 27.5 Å². The standard InChI is InChI=1S/C23H19F3N2O5S/c24-23(25,26)16-3-1-4-18(13-16)28-34(30,31)19-8-5-15(6-9-19)22(29)27-17-7-10-20-21(14-17)33-12-2-11-32-20/h1,3-10,13-14,28H,2,11-12H2,(H,27,29). The summed E-state index contributed by atoms with van der Waals surface area (Å²) in [5, 5.41) is 2.70. The van der Waals surface area contributed by atoms with Gasteiger partial charge >= 0.3 is 6.18 Å². The van der Waals surface area contributed by atoms with Gasteiger partial charge in [0, 0.05) is 29.4 Å². The molecular weight excluding hydrogens is 473 g/mol. The molecule has 0 saturated heterocycles. The van der Waals surface area contributed by atoms with E-state index in [1.165, 1.54) is 30.3 Å². The maximum atomic E-state index is 12.9. The summed E-state index contributed by atoms with van der Waals surface area (Å²) in [7, 11) is -4.17. The smallest absolute Gasteiger partial charge is 0.416 e. The lowest BCUT2D eigenvalue weighted by atomic mass is 10.2. The molecule has 1 amide bonds. The van der Waals surface area contributed by atoms with Gasteiger partial charge in [0.05, 0.1) is 23.7 Å². The molecule has 0 atom stereocenters. The van der Waals surface area contributed by atoms with E-state index < -0.39 is 27.7 Å². The second-order valence-electron chi connectivity index (χ2n) is 7.37. The van der Waals surface area contributed by atoms with Crippen LogP contribution in [0.5, 0.6) is 11.5 Å². The number of ether oxygens (including phenoxy) is 2. The minimum absolute atomic E-state index is 0.185. The highest BCUT2D eigenvalue weighted by molar-refractivity contribution is 7.92. The predicted octanol–water partition coefficient (Wildman–Crippen LogP) is 4.92. The molecule has 2 N–H and O–H groups in total. The third-order valence-corrected chi connectivity index (χ3v) is 6.27. The number of anilines is 2. The number of benzene rings is 3. The third-order valence-electron chi connectivity index (χ3n) is 4.87. The molecule has 34 heavy (non-hydrogen) atoms. The van der Waals surface area contributed by atoms with E-state index in [2.05, 4.69) is 10.0 Å². The molecule has 4 rings (SSSR count). The number of carbonyl (C=O) groups is 1. The number of hydrogen-bond donors (Lipinski definition) is 2. The minimum atomic E-state index is -4.60. The summed E-state index contributed by atoms with van der Waals surface area (Å²) in [4.78, 5) is 12.4. The Morgan fingerprint density at radius 3 is 2.26 bits per heavy atom. The van der Waals surface area contributed by atoms with Crippen LogP contribution in [0.25, 0.3) is 0 Å². The number of amides is 1. The number of sulfonamides is 1. The fourth-order valence-corrected chi connectivity index (χ4v) is 4.25. The van der Waals surface area contributed by atoms with Gasteiger partial charge in [0.25, 0.3) is 15.9 Å². The van der Waals surface area contributed by atoms with Gasteiger partial charge in [-0.05, 0) is 54.6 Å². The van der Waals surface area contributed by atoms with Crippen LogP contribution in [0, 0.1) is 0 Å². The number of hydrogen-bond acceptors (Lipinski definition) is 5. The van der Waals surface area contributed by atoms with Crippen LogP contribution in [0.1, 0.15) is 22.3 Å². The maximum Gasteiger partial charge on any atom is 0.416 e. The Hall–Kier alpha value is -3.73. The van der Waals surface area contributed by atoms with Gasteiger partial charge in [0.1, 0.15) is 0 Å². The van der Waals surface area contributed by atoms with E-state index in [1.807, 2.05) is 0 Å². The molecule has 0 fully saturated rings. The first-order valence-electron chi connectivity index (χ1n) is 10.1. The Balaban J connectivity index is 1.46. The second kappa shape index (κ2) is 9.26. The highest BCUT2D eigenvalue weighted by atomic mass is 32.2. The van der Waals surface area contributed by atoms with Crippen molar-refractivity contribution in [2.45, 2.75) is 17.5 Å². The molecule has 0 unspecified atom stereocenters. The van der Waals surface area contributed by atoms with E-state index in [0.29, 0.717) is 36.5 Å². The van der Waals surface area contributed by atoms with Crippen molar-refractivity contribution >= 4 is 27.3 Å². The largest absolute Gasteiger partial charge is 0.490 e. The number of carbonyl (C=O) groups excluding carboxylic acids is 1.